The normalized spacial score (nSPS) is 15.9. The second-order valence-electron chi connectivity index (χ2n) is 9.18. The van der Waals surface area contributed by atoms with Crippen molar-refractivity contribution in [2.24, 2.45) is 0 Å². The minimum Gasteiger partial charge on any atom is -0.453 e. The molecule has 0 heterocycles. The van der Waals surface area contributed by atoms with E-state index in [9.17, 15) is 22.8 Å². The first kappa shape index (κ1) is 23.8. The van der Waals surface area contributed by atoms with Gasteiger partial charge in [-0.05, 0) is 65.2 Å². The number of hydrogen-bond acceptors (Lipinski definition) is 4. The molecule has 30 heavy (non-hydrogen) atoms. The summed E-state index contributed by atoms with van der Waals surface area (Å²) in [6.07, 6.45) is -4.83. The lowest BCUT2D eigenvalue weighted by Gasteiger charge is -2.38. The molecule has 9 heteroatoms. The number of carbonyl (C=O) groups excluding carboxylic acids is 2. The number of ether oxygens (including phenoxy) is 2. The Morgan fingerprint density at radius 3 is 2.20 bits per heavy atom. The number of nitrogens with one attached hydrogen (secondary N) is 1. The molecule has 0 bridgehead atoms. The minimum absolute atomic E-state index is 0.0230. The Morgan fingerprint density at radius 1 is 1.13 bits per heavy atom. The fourth-order valence-electron chi connectivity index (χ4n) is 3.33. The monoisotopic (exact) mass is 430 g/mol. The lowest BCUT2D eigenvalue weighted by atomic mass is 9.97. The van der Waals surface area contributed by atoms with E-state index in [0.717, 1.165) is 12.1 Å². The van der Waals surface area contributed by atoms with Crippen LogP contribution >= 0.6 is 0 Å². The van der Waals surface area contributed by atoms with E-state index in [1.807, 2.05) is 0 Å². The molecular formula is C21H29F3N2O4. The molecule has 1 fully saturated rings. The van der Waals surface area contributed by atoms with Crippen molar-refractivity contribution >= 4 is 12.2 Å². The highest BCUT2D eigenvalue weighted by Gasteiger charge is 2.54. The smallest absolute Gasteiger partial charge is 0.416 e. The van der Waals surface area contributed by atoms with Crippen LogP contribution in [0.4, 0.5) is 22.8 Å². The van der Waals surface area contributed by atoms with E-state index in [-0.39, 0.29) is 6.54 Å². The summed E-state index contributed by atoms with van der Waals surface area (Å²) in [6, 6.07) is 4.97. The van der Waals surface area contributed by atoms with Crippen molar-refractivity contribution in [3.8, 4) is 0 Å². The van der Waals surface area contributed by atoms with Gasteiger partial charge in [0, 0.05) is 6.54 Å². The van der Waals surface area contributed by atoms with Crippen molar-refractivity contribution in [1.82, 2.24) is 10.2 Å². The molecule has 1 aromatic rings. The van der Waals surface area contributed by atoms with Gasteiger partial charge in [0.2, 0.25) is 0 Å². The van der Waals surface area contributed by atoms with Gasteiger partial charge in [0.1, 0.15) is 5.60 Å². The molecule has 6 nitrogen and oxygen atoms in total. The third kappa shape index (κ3) is 5.79. The maximum Gasteiger partial charge on any atom is 0.416 e. The summed E-state index contributed by atoms with van der Waals surface area (Å²) < 4.78 is 49.7. The number of benzene rings is 1. The molecule has 1 aliphatic rings. The lowest BCUT2D eigenvalue weighted by Crippen LogP contribution is -2.56. The van der Waals surface area contributed by atoms with Crippen LogP contribution in [0.15, 0.2) is 24.3 Å². The topological polar surface area (TPSA) is 67.9 Å². The van der Waals surface area contributed by atoms with Crippen molar-refractivity contribution in [3.63, 3.8) is 0 Å². The molecule has 0 saturated heterocycles. The zero-order valence-electron chi connectivity index (χ0n) is 18.1. The van der Waals surface area contributed by atoms with Gasteiger partial charge in [-0.25, -0.2) is 9.59 Å². The standard InChI is InChI=1S/C21H29F3N2O4/c1-18(2,3)30-16(27)25-19(4,5)13-26(17(28)29-6)20(10-11-20)14-8-7-9-15(12-14)21(22,23)24/h7-9,12H,10-11,13H2,1-6H3,(H,25,27). The van der Waals surface area contributed by atoms with Gasteiger partial charge in [-0.3, -0.25) is 4.90 Å². The van der Waals surface area contributed by atoms with E-state index in [0.29, 0.717) is 18.4 Å². The van der Waals surface area contributed by atoms with Gasteiger partial charge in [-0.2, -0.15) is 13.2 Å². The van der Waals surface area contributed by atoms with Gasteiger partial charge in [-0.15, -0.1) is 0 Å². The molecule has 1 saturated carbocycles. The molecule has 0 spiro atoms. The van der Waals surface area contributed by atoms with Gasteiger partial charge in [0.15, 0.2) is 0 Å². The fraction of sp³-hybridized carbons (Fsp3) is 0.619. The molecule has 0 unspecified atom stereocenters. The molecule has 2 rings (SSSR count). The summed E-state index contributed by atoms with van der Waals surface area (Å²) in [7, 11) is 1.21. The third-order valence-corrected chi connectivity index (χ3v) is 4.76. The van der Waals surface area contributed by atoms with E-state index < -0.39 is 40.6 Å². The SMILES string of the molecule is COC(=O)N(CC(C)(C)NC(=O)OC(C)(C)C)C1(c2cccc(C(F)(F)F)c2)CC1. The molecule has 1 N–H and O–H groups in total. The van der Waals surface area contributed by atoms with Crippen molar-refractivity contribution in [2.75, 3.05) is 13.7 Å². The van der Waals surface area contributed by atoms with Crippen LogP contribution < -0.4 is 5.32 Å². The van der Waals surface area contributed by atoms with Crippen LogP contribution in [0.2, 0.25) is 0 Å². The van der Waals surface area contributed by atoms with Crippen molar-refractivity contribution in [3.05, 3.63) is 35.4 Å². The Labute approximate surface area is 174 Å². The largest absolute Gasteiger partial charge is 0.453 e. The second-order valence-corrected chi connectivity index (χ2v) is 9.18. The number of alkyl halides is 3. The molecule has 168 valence electrons. The van der Waals surface area contributed by atoms with Crippen molar-refractivity contribution in [1.29, 1.82) is 0 Å². The van der Waals surface area contributed by atoms with Crippen molar-refractivity contribution in [2.45, 2.75) is 70.3 Å². The van der Waals surface area contributed by atoms with E-state index >= 15 is 0 Å². The van der Waals surface area contributed by atoms with Crippen LogP contribution in [-0.2, 0) is 21.2 Å². The van der Waals surface area contributed by atoms with Crippen LogP contribution in [0.5, 0.6) is 0 Å². The number of nitrogens with zero attached hydrogens (tertiary/aromatic N) is 1. The minimum atomic E-state index is -4.49. The number of amides is 2. The summed E-state index contributed by atoms with van der Waals surface area (Å²) in [5, 5.41) is 2.72. The third-order valence-electron chi connectivity index (χ3n) is 4.76. The summed E-state index contributed by atoms with van der Waals surface area (Å²) >= 11 is 0. The first-order chi connectivity index (χ1) is 13.6. The average Bonchev–Trinajstić information content (AvgIpc) is 3.38. The molecule has 2 amide bonds. The van der Waals surface area contributed by atoms with Gasteiger partial charge in [-0.1, -0.05) is 12.1 Å². The van der Waals surface area contributed by atoms with Crippen LogP contribution in [0.1, 0.15) is 58.6 Å². The zero-order chi connectivity index (χ0) is 23.0. The number of methoxy groups -OCH3 is 1. The summed E-state index contributed by atoms with van der Waals surface area (Å²) in [6.45, 7) is 8.62. The fourth-order valence-corrected chi connectivity index (χ4v) is 3.33. The highest BCUT2D eigenvalue weighted by molar-refractivity contribution is 5.71. The predicted molar refractivity (Wildman–Crippen MR) is 105 cm³/mol. The summed E-state index contributed by atoms with van der Waals surface area (Å²) in [4.78, 5) is 26.2. The van der Waals surface area contributed by atoms with Crippen LogP contribution in [0, 0.1) is 0 Å². The maximum absolute atomic E-state index is 13.2. The van der Waals surface area contributed by atoms with Crippen LogP contribution in [0.25, 0.3) is 0 Å². The Morgan fingerprint density at radius 2 is 1.73 bits per heavy atom. The number of rotatable bonds is 5. The lowest BCUT2D eigenvalue weighted by molar-refractivity contribution is -0.137. The summed E-state index contributed by atoms with van der Waals surface area (Å²) in [5.41, 5.74) is -2.93. The number of hydrogen-bond donors (Lipinski definition) is 1. The average molecular weight is 430 g/mol. The van der Waals surface area contributed by atoms with E-state index in [1.165, 1.54) is 18.1 Å². The molecule has 1 aliphatic carbocycles. The maximum atomic E-state index is 13.2. The Hall–Kier alpha value is -2.45. The number of alkyl carbamates (subject to hydrolysis) is 1. The highest BCUT2D eigenvalue weighted by Crippen LogP contribution is 2.52. The molecular weight excluding hydrogens is 401 g/mol. The zero-order valence-corrected chi connectivity index (χ0v) is 18.1. The van der Waals surface area contributed by atoms with Gasteiger partial charge >= 0.3 is 18.4 Å². The van der Waals surface area contributed by atoms with Gasteiger partial charge in [0.05, 0.1) is 23.8 Å². The van der Waals surface area contributed by atoms with Crippen LogP contribution in [-0.4, -0.2) is 41.9 Å². The van der Waals surface area contributed by atoms with E-state index in [4.69, 9.17) is 9.47 Å². The molecule has 0 atom stereocenters. The quantitative estimate of drug-likeness (QED) is 0.709. The van der Waals surface area contributed by atoms with Crippen LogP contribution in [0.3, 0.4) is 0 Å². The Kier molecular flexibility index (Phi) is 6.35. The molecule has 1 aromatic carbocycles. The van der Waals surface area contributed by atoms with E-state index in [1.54, 1.807) is 40.7 Å². The first-order valence-electron chi connectivity index (χ1n) is 9.64. The van der Waals surface area contributed by atoms with Crippen molar-refractivity contribution < 1.29 is 32.2 Å². The summed E-state index contributed by atoms with van der Waals surface area (Å²) in [5.74, 6) is 0. The first-order valence-corrected chi connectivity index (χ1v) is 9.64. The molecule has 0 radical (unpaired) electrons. The Balaban J connectivity index is 2.30. The molecule has 0 aromatic heterocycles. The number of halogens is 3. The predicted octanol–water partition coefficient (Wildman–Crippen LogP) is 5.07. The highest BCUT2D eigenvalue weighted by atomic mass is 19.4. The molecule has 0 aliphatic heterocycles. The number of carbonyl (C=O) groups is 2. The Bertz CT molecular complexity index is 796. The van der Waals surface area contributed by atoms with Gasteiger partial charge < -0.3 is 14.8 Å². The second kappa shape index (κ2) is 8.00. The van der Waals surface area contributed by atoms with E-state index in [2.05, 4.69) is 5.32 Å². The van der Waals surface area contributed by atoms with Gasteiger partial charge in [0.25, 0.3) is 0 Å².